The van der Waals surface area contributed by atoms with Crippen LogP contribution >= 0.6 is 0 Å². The zero-order chi connectivity index (χ0) is 19.7. The fourth-order valence-corrected chi connectivity index (χ4v) is 3.18. The molecule has 3 nitrogen and oxygen atoms in total. The largest absolute Gasteiger partial charge is 0.416 e. The molecule has 0 unspecified atom stereocenters. The molecule has 0 aliphatic carbocycles. The van der Waals surface area contributed by atoms with Crippen molar-refractivity contribution in [3.05, 3.63) is 70.8 Å². The van der Waals surface area contributed by atoms with Gasteiger partial charge in [-0.25, -0.2) is 4.39 Å². The fraction of sp³-hybridized carbons (Fsp3) is 0.300. The third-order valence-electron chi connectivity index (χ3n) is 4.83. The van der Waals surface area contributed by atoms with Gasteiger partial charge in [-0.2, -0.15) is 18.4 Å². The lowest BCUT2D eigenvalue weighted by molar-refractivity contribution is -0.137. The van der Waals surface area contributed by atoms with Crippen LogP contribution in [0.3, 0.4) is 0 Å². The second kappa shape index (κ2) is 7.03. The molecule has 3 rings (SSSR count). The predicted octanol–water partition coefficient (Wildman–Crippen LogP) is 4.68. The van der Waals surface area contributed by atoms with Crippen LogP contribution in [0.1, 0.15) is 39.9 Å². The number of hydrogen-bond acceptors (Lipinski definition) is 2. The van der Waals surface area contributed by atoms with E-state index < -0.39 is 23.3 Å². The Morgan fingerprint density at radius 1 is 1.00 bits per heavy atom. The van der Waals surface area contributed by atoms with Crippen LogP contribution in [-0.2, 0) is 11.8 Å². The van der Waals surface area contributed by atoms with Crippen molar-refractivity contribution in [2.45, 2.75) is 24.7 Å². The van der Waals surface area contributed by atoms with Crippen LogP contribution in [0.4, 0.5) is 17.6 Å². The van der Waals surface area contributed by atoms with Crippen LogP contribution in [0.15, 0.2) is 48.5 Å². The molecule has 1 amide bonds. The van der Waals surface area contributed by atoms with E-state index in [1.807, 2.05) is 6.07 Å². The zero-order valence-electron chi connectivity index (χ0n) is 14.3. The summed E-state index contributed by atoms with van der Waals surface area (Å²) in [7, 11) is 0. The Morgan fingerprint density at radius 3 is 2.04 bits per heavy atom. The molecule has 1 aliphatic heterocycles. The second-order valence-electron chi connectivity index (χ2n) is 6.52. The minimum absolute atomic E-state index is 0.0886. The van der Waals surface area contributed by atoms with Crippen molar-refractivity contribution in [2.75, 3.05) is 13.1 Å². The molecule has 0 N–H and O–H groups in total. The molecule has 140 valence electrons. The zero-order valence-corrected chi connectivity index (χ0v) is 14.3. The Balaban J connectivity index is 1.67. The van der Waals surface area contributed by atoms with Gasteiger partial charge in [0.1, 0.15) is 5.67 Å². The van der Waals surface area contributed by atoms with E-state index in [0.29, 0.717) is 11.1 Å². The number of likely N-dealkylation sites (tertiary alicyclic amines) is 1. The maximum Gasteiger partial charge on any atom is 0.416 e. The third kappa shape index (κ3) is 3.95. The summed E-state index contributed by atoms with van der Waals surface area (Å²) in [6.45, 7) is 0.326. The molecule has 0 spiro atoms. The van der Waals surface area contributed by atoms with Gasteiger partial charge in [0.15, 0.2) is 0 Å². The lowest BCUT2D eigenvalue weighted by Gasteiger charge is -2.36. The molecule has 1 heterocycles. The van der Waals surface area contributed by atoms with E-state index in [4.69, 9.17) is 5.26 Å². The average Bonchev–Trinajstić information content (AvgIpc) is 2.67. The number of halogens is 4. The molecule has 0 aromatic heterocycles. The van der Waals surface area contributed by atoms with Gasteiger partial charge in [0, 0.05) is 31.5 Å². The molecule has 0 bridgehead atoms. The van der Waals surface area contributed by atoms with E-state index in [0.717, 1.165) is 24.3 Å². The molecule has 1 saturated heterocycles. The van der Waals surface area contributed by atoms with E-state index in [1.54, 1.807) is 24.3 Å². The lowest BCUT2D eigenvalue weighted by Crippen LogP contribution is -2.43. The van der Waals surface area contributed by atoms with Gasteiger partial charge in [0.2, 0.25) is 0 Å². The van der Waals surface area contributed by atoms with E-state index in [1.165, 1.54) is 4.90 Å². The normalized spacial score (nSPS) is 16.6. The monoisotopic (exact) mass is 376 g/mol. The van der Waals surface area contributed by atoms with Gasteiger partial charge in [-0.1, -0.05) is 12.1 Å². The van der Waals surface area contributed by atoms with Gasteiger partial charge in [0.25, 0.3) is 5.91 Å². The Hall–Kier alpha value is -2.88. The maximum atomic E-state index is 15.2. The highest BCUT2D eigenvalue weighted by molar-refractivity contribution is 5.94. The number of amides is 1. The van der Waals surface area contributed by atoms with Crippen molar-refractivity contribution in [2.24, 2.45) is 0 Å². The number of carbonyl (C=O) groups is 1. The summed E-state index contributed by atoms with van der Waals surface area (Å²) in [4.78, 5) is 13.9. The van der Waals surface area contributed by atoms with E-state index in [2.05, 4.69) is 0 Å². The van der Waals surface area contributed by atoms with Crippen LogP contribution in [0.25, 0.3) is 0 Å². The number of rotatable bonds is 2. The summed E-state index contributed by atoms with van der Waals surface area (Å²) in [6, 6.07) is 12.3. The highest BCUT2D eigenvalue weighted by Gasteiger charge is 2.38. The van der Waals surface area contributed by atoms with Gasteiger partial charge in [-0.05, 0) is 42.0 Å². The van der Waals surface area contributed by atoms with Crippen LogP contribution in [0, 0.1) is 11.3 Å². The molecule has 1 fully saturated rings. The minimum Gasteiger partial charge on any atom is -0.338 e. The summed E-state index contributed by atoms with van der Waals surface area (Å²) in [6.07, 6.45) is -4.28. The molecule has 0 atom stereocenters. The lowest BCUT2D eigenvalue weighted by atomic mass is 9.85. The highest BCUT2D eigenvalue weighted by atomic mass is 19.4. The Labute approximate surface area is 153 Å². The van der Waals surface area contributed by atoms with Gasteiger partial charge in [-0.15, -0.1) is 0 Å². The molecule has 27 heavy (non-hydrogen) atoms. The number of carbonyl (C=O) groups excluding carboxylic acids is 1. The number of hydrogen-bond donors (Lipinski definition) is 0. The number of alkyl halides is 4. The molecule has 2 aromatic rings. The molecule has 1 aliphatic rings. The number of nitrogens with zero attached hydrogens (tertiary/aromatic N) is 2. The Kier molecular flexibility index (Phi) is 4.92. The van der Waals surface area contributed by atoms with Gasteiger partial charge < -0.3 is 4.90 Å². The summed E-state index contributed by atoms with van der Waals surface area (Å²) < 4.78 is 53.1. The minimum atomic E-state index is -4.46. The van der Waals surface area contributed by atoms with Crippen LogP contribution < -0.4 is 0 Å². The molecular formula is C20H16F4N2O. The van der Waals surface area contributed by atoms with Gasteiger partial charge in [-0.3, -0.25) is 4.79 Å². The average molecular weight is 376 g/mol. The molecule has 0 saturated carbocycles. The van der Waals surface area contributed by atoms with Crippen molar-refractivity contribution >= 4 is 5.91 Å². The summed E-state index contributed by atoms with van der Waals surface area (Å²) in [5, 5.41) is 8.82. The number of nitriles is 1. The second-order valence-corrected chi connectivity index (χ2v) is 6.52. The first kappa shape index (κ1) is 18.9. The topological polar surface area (TPSA) is 44.1 Å². The van der Waals surface area contributed by atoms with Gasteiger partial charge in [0.05, 0.1) is 17.2 Å². The third-order valence-corrected chi connectivity index (χ3v) is 4.83. The first-order chi connectivity index (χ1) is 12.7. The quantitative estimate of drug-likeness (QED) is 0.715. The fourth-order valence-electron chi connectivity index (χ4n) is 3.18. The Morgan fingerprint density at radius 2 is 1.56 bits per heavy atom. The Bertz CT molecular complexity index is 859. The standard InChI is InChI=1S/C20H16F4N2O/c21-19(16-5-1-14(13-25)2-6-16)9-11-26(12-10-19)18(27)15-3-7-17(8-4-15)20(22,23)24/h1-8H,9-12H2. The molecule has 0 radical (unpaired) electrons. The smallest absolute Gasteiger partial charge is 0.338 e. The predicted molar refractivity (Wildman–Crippen MR) is 90.5 cm³/mol. The first-order valence-corrected chi connectivity index (χ1v) is 8.39. The van der Waals surface area contributed by atoms with Crippen molar-refractivity contribution in [3.63, 3.8) is 0 Å². The molecule has 2 aromatic carbocycles. The number of piperidine rings is 1. The highest BCUT2D eigenvalue weighted by Crippen LogP contribution is 2.37. The summed E-state index contributed by atoms with van der Waals surface area (Å²) in [5.41, 5.74) is -1.36. The van der Waals surface area contributed by atoms with Crippen molar-refractivity contribution in [1.82, 2.24) is 4.90 Å². The van der Waals surface area contributed by atoms with Crippen LogP contribution in [0.5, 0.6) is 0 Å². The SMILES string of the molecule is N#Cc1ccc(C2(F)CCN(C(=O)c3ccc(C(F)(F)F)cc3)CC2)cc1. The van der Waals surface area contributed by atoms with E-state index in [9.17, 15) is 18.0 Å². The van der Waals surface area contributed by atoms with Crippen molar-refractivity contribution in [1.29, 1.82) is 5.26 Å². The number of benzene rings is 2. The molecular weight excluding hydrogens is 360 g/mol. The van der Waals surface area contributed by atoms with Gasteiger partial charge >= 0.3 is 6.18 Å². The van der Waals surface area contributed by atoms with Crippen LogP contribution in [0.2, 0.25) is 0 Å². The molecule has 7 heteroatoms. The maximum absolute atomic E-state index is 15.2. The van der Waals surface area contributed by atoms with Crippen molar-refractivity contribution in [3.8, 4) is 6.07 Å². The summed E-state index contributed by atoms with van der Waals surface area (Å²) >= 11 is 0. The first-order valence-electron chi connectivity index (χ1n) is 8.39. The van der Waals surface area contributed by atoms with Crippen molar-refractivity contribution < 1.29 is 22.4 Å². The van der Waals surface area contributed by atoms with E-state index in [-0.39, 0.29) is 31.5 Å². The van der Waals surface area contributed by atoms with Crippen LogP contribution in [-0.4, -0.2) is 23.9 Å². The van der Waals surface area contributed by atoms with E-state index >= 15 is 4.39 Å². The summed E-state index contributed by atoms with van der Waals surface area (Å²) in [5.74, 6) is -0.411.